The minimum atomic E-state index is 0.358. The fourth-order valence-corrected chi connectivity index (χ4v) is 3.30. The van der Waals surface area contributed by atoms with Crippen molar-refractivity contribution in [1.29, 1.82) is 0 Å². The second-order valence-corrected chi connectivity index (χ2v) is 5.43. The number of hydrogen-bond acceptors (Lipinski definition) is 4. The van der Waals surface area contributed by atoms with Crippen LogP contribution >= 0.6 is 0 Å². The summed E-state index contributed by atoms with van der Waals surface area (Å²) in [5.74, 6) is 0.937. The smallest absolute Gasteiger partial charge is 0.119 e. The zero-order valence-electron chi connectivity index (χ0n) is 13.7. The largest absolute Gasteiger partial charge is 0.497 e. The third-order valence-electron chi connectivity index (χ3n) is 4.42. The minimum absolute atomic E-state index is 0.358. The Hall–Kier alpha value is -1.10. The topological polar surface area (TPSA) is 33.7 Å². The van der Waals surface area contributed by atoms with Crippen LogP contribution in [0.3, 0.4) is 0 Å². The van der Waals surface area contributed by atoms with Crippen molar-refractivity contribution >= 4 is 0 Å². The normalized spacial score (nSPS) is 20.8. The predicted molar refractivity (Wildman–Crippen MR) is 86.0 cm³/mol. The molecule has 2 unspecified atom stereocenters. The van der Waals surface area contributed by atoms with Crippen LogP contribution in [0.2, 0.25) is 0 Å². The molecule has 0 amide bonds. The molecular weight excluding hydrogens is 264 g/mol. The molecule has 1 aliphatic rings. The van der Waals surface area contributed by atoms with Gasteiger partial charge in [-0.05, 0) is 50.2 Å². The zero-order chi connectivity index (χ0) is 15.2. The lowest BCUT2D eigenvalue weighted by atomic mass is 10.1. The molecule has 0 fully saturated rings. The molecule has 2 rings (SSSR count). The van der Waals surface area contributed by atoms with Crippen molar-refractivity contribution in [2.75, 3.05) is 40.5 Å². The Bertz CT molecular complexity index is 450. The molecule has 1 aromatic carbocycles. The summed E-state index contributed by atoms with van der Waals surface area (Å²) in [6.07, 6.45) is 1.09. The predicted octanol–water partition coefficient (Wildman–Crippen LogP) is 2.24. The van der Waals surface area contributed by atoms with Gasteiger partial charge in [-0.1, -0.05) is 13.0 Å². The molecule has 1 aromatic rings. The highest BCUT2D eigenvalue weighted by Gasteiger charge is 2.34. The van der Waals surface area contributed by atoms with E-state index in [2.05, 4.69) is 35.3 Å². The van der Waals surface area contributed by atoms with E-state index in [0.29, 0.717) is 12.1 Å². The fraction of sp³-hybridized carbons (Fsp3) is 0.647. The summed E-state index contributed by atoms with van der Waals surface area (Å²) in [7, 11) is 3.77. The number of nitrogens with one attached hydrogen (secondary N) is 1. The molecule has 0 aromatic heterocycles. The average Bonchev–Trinajstić information content (AvgIpc) is 2.88. The first kappa shape index (κ1) is 16.3. The van der Waals surface area contributed by atoms with Crippen LogP contribution in [0.4, 0.5) is 0 Å². The van der Waals surface area contributed by atoms with Crippen LogP contribution in [0.25, 0.3) is 0 Å². The molecule has 4 heteroatoms. The number of hydrogen-bond donors (Lipinski definition) is 1. The quantitative estimate of drug-likeness (QED) is 0.745. The Kier molecular flexibility index (Phi) is 6.03. The minimum Gasteiger partial charge on any atom is -0.497 e. The van der Waals surface area contributed by atoms with Crippen molar-refractivity contribution in [2.24, 2.45) is 0 Å². The zero-order valence-corrected chi connectivity index (χ0v) is 13.7. The maximum absolute atomic E-state index is 5.53. The molecule has 0 radical (unpaired) electrons. The Morgan fingerprint density at radius 1 is 1.33 bits per heavy atom. The van der Waals surface area contributed by atoms with E-state index in [9.17, 15) is 0 Å². The van der Waals surface area contributed by atoms with Crippen LogP contribution < -0.4 is 10.1 Å². The summed E-state index contributed by atoms with van der Waals surface area (Å²) in [6.45, 7) is 7.89. The lowest BCUT2D eigenvalue weighted by Gasteiger charge is -2.32. The van der Waals surface area contributed by atoms with E-state index in [1.54, 1.807) is 7.11 Å². The van der Waals surface area contributed by atoms with Gasteiger partial charge in [-0.3, -0.25) is 4.90 Å². The number of methoxy groups -OCH3 is 1. The van der Waals surface area contributed by atoms with Gasteiger partial charge in [0.2, 0.25) is 0 Å². The van der Waals surface area contributed by atoms with Crippen molar-refractivity contribution in [3.63, 3.8) is 0 Å². The Labute approximate surface area is 128 Å². The molecule has 1 N–H and O–H groups in total. The van der Waals surface area contributed by atoms with Gasteiger partial charge >= 0.3 is 0 Å². The maximum atomic E-state index is 5.53. The summed E-state index contributed by atoms with van der Waals surface area (Å²) in [6, 6.07) is 7.28. The van der Waals surface area contributed by atoms with Gasteiger partial charge < -0.3 is 14.8 Å². The van der Waals surface area contributed by atoms with E-state index in [0.717, 1.165) is 38.5 Å². The summed E-state index contributed by atoms with van der Waals surface area (Å²) < 4.78 is 10.9. The molecule has 0 heterocycles. The van der Waals surface area contributed by atoms with Crippen LogP contribution in [0.5, 0.6) is 5.75 Å². The molecule has 21 heavy (non-hydrogen) atoms. The first-order valence-corrected chi connectivity index (χ1v) is 7.91. The SMILES string of the molecule is CCOCCN(CC)C1Cc2ccc(OC)cc2C1NC. The molecule has 2 atom stereocenters. The van der Waals surface area contributed by atoms with Crippen molar-refractivity contribution in [1.82, 2.24) is 10.2 Å². The molecule has 1 aliphatic carbocycles. The maximum Gasteiger partial charge on any atom is 0.119 e. The standard InChI is InChI=1S/C17H28N2O2/c1-5-19(9-10-21-6-2)16-11-13-7-8-14(20-4)12-15(13)17(16)18-3/h7-8,12,16-18H,5-6,9-11H2,1-4H3. The van der Waals surface area contributed by atoms with Crippen LogP contribution in [0, 0.1) is 0 Å². The number of nitrogens with zero attached hydrogens (tertiary/aromatic N) is 1. The van der Waals surface area contributed by atoms with Gasteiger partial charge in [-0.15, -0.1) is 0 Å². The highest BCUT2D eigenvalue weighted by molar-refractivity contribution is 5.42. The number of ether oxygens (including phenoxy) is 2. The number of rotatable bonds is 8. The molecule has 0 spiro atoms. The third-order valence-corrected chi connectivity index (χ3v) is 4.42. The van der Waals surface area contributed by atoms with Crippen molar-refractivity contribution in [2.45, 2.75) is 32.4 Å². The van der Waals surface area contributed by atoms with E-state index < -0.39 is 0 Å². The summed E-state index contributed by atoms with van der Waals surface area (Å²) in [5.41, 5.74) is 2.80. The third kappa shape index (κ3) is 3.57. The Morgan fingerprint density at radius 3 is 2.76 bits per heavy atom. The molecule has 0 saturated heterocycles. The van der Waals surface area contributed by atoms with Gasteiger partial charge in [0.25, 0.3) is 0 Å². The van der Waals surface area contributed by atoms with Gasteiger partial charge in [0.1, 0.15) is 5.75 Å². The van der Waals surface area contributed by atoms with E-state index >= 15 is 0 Å². The summed E-state index contributed by atoms with van der Waals surface area (Å²) >= 11 is 0. The van der Waals surface area contributed by atoms with Gasteiger partial charge in [0, 0.05) is 25.2 Å². The van der Waals surface area contributed by atoms with Gasteiger partial charge in [0.05, 0.1) is 13.7 Å². The second-order valence-electron chi connectivity index (χ2n) is 5.43. The van der Waals surface area contributed by atoms with Gasteiger partial charge in [-0.25, -0.2) is 0 Å². The van der Waals surface area contributed by atoms with E-state index in [-0.39, 0.29) is 0 Å². The van der Waals surface area contributed by atoms with Crippen molar-refractivity contribution < 1.29 is 9.47 Å². The van der Waals surface area contributed by atoms with Crippen LogP contribution in [-0.2, 0) is 11.2 Å². The molecule has 0 bridgehead atoms. The van der Waals surface area contributed by atoms with Crippen molar-refractivity contribution in [3.05, 3.63) is 29.3 Å². The summed E-state index contributed by atoms with van der Waals surface area (Å²) in [5, 5.41) is 3.49. The average molecular weight is 292 g/mol. The van der Waals surface area contributed by atoms with Gasteiger partial charge in [-0.2, -0.15) is 0 Å². The number of fused-ring (bicyclic) bond motifs is 1. The van der Waals surface area contributed by atoms with Crippen LogP contribution in [0.1, 0.15) is 31.0 Å². The molecule has 0 aliphatic heterocycles. The van der Waals surface area contributed by atoms with Crippen LogP contribution in [-0.4, -0.2) is 51.4 Å². The number of benzene rings is 1. The first-order chi connectivity index (χ1) is 10.2. The fourth-order valence-electron chi connectivity index (χ4n) is 3.30. The highest BCUT2D eigenvalue weighted by Crippen LogP contribution is 2.36. The molecule has 118 valence electrons. The monoisotopic (exact) mass is 292 g/mol. The van der Waals surface area contributed by atoms with E-state index in [1.165, 1.54) is 11.1 Å². The summed E-state index contributed by atoms with van der Waals surface area (Å²) in [4.78, 5) is 2.52. The lowest BCUT2D eigenvalue weighted by Crippen LogP contribution is -2.43. The van der Waals surface area contributed by atoms with E-state index in [4.69, 9.17) is 9.47 Å². The van der Waals surface area contributed by atoms with E-state index in [1.807, 2.05) is 14.0 Å². The molecular formula is C17H28N2O2. The molecule has 0 saturated carbocycles. The van der Waals surface area contributed by atoms with Gasteiger partial charge in [0.15, 0.2) is 0 Å². The van der Waals surface area contributed by atoms with Crippen LogP contribution in [0.15, 0.2) is 18.2 Å². The van der Waals surface area contributed by atoms with Crippen molar-refractivity contribution in [3.8, 4) is 5.75 Å². The number of likely N-dealkylation sites (N-methyl/N-ethyl adjacent to an activating group) is 2. The highest BCUT2D eigenvalue weighted by atomic mass is 16.5. The Morgan fingerprint density at radius 2 is 2.14 bits per heavy atom. The first-order valence-electron chi connectivity index (χ1n) is 7.91. The Balaban J connectivity index is 2.14. The molecule has 4 nitrogen and oxygen atoms in total. The second kappa shape index (κ2) is 7.78. The lowest BCUT2D eigenvalue weighted by molar-refractivity contribution is 0.0895.